The second-order valence-corrected chi connectivity index (χ2v) is 7.38. The molecule has 1 heterocycles. The number of hydrogen-bond acceptors (Lipinski definition) is 3. The van der Waals surface area contributed by atoms with Crippen molar-refractivity contribution in [2.24, 2.45) is 5.41 Å². The maximum Gasteiger partial charge on any atom is 0.0954 e. The number of aliphatic hydroxyl groups excluding tert-OH is 1. The van der Waals surface area contributed by atoms with E-state index in [2.05, 4.69) is 51.9 Å². The third kappa shape index (κ3) is 3.78. The van der Waals surface area contributed by atoms with Crippen molar-refractivity contribution in [2.75, 3.05) is 0 Å². The fraction of sp³-hybridized carbons (Fsp3) is 0.786. The molecule has 0 aliphatic carbocycles. The fourth-order valence-electron chi connectivity index (χ4n) is 1.43. The highest BCUT2D eigenvalue weighted by Gasteiger charge is 2.27. The smallest absolute Gasteiger partial charge is 0.0954 e. The van der Waals surface area contributed by atoms with E-state index in [4.69, 9.17) is 0 Å². The number of aromatic nitrogens is 1. The van der Waals surface area contributed by atoms with Gasteiger partial charge in [0, 0.05) is 17.2 Å². The monoisotopic (exact) mass is 255 g/mol. The molecule has 0 spiro atoms. The summed E-state index contributed by atoms with van der Waals surface area (Å²) in [7, 11) is 0. The molecule has 1 unspecified atom stereocenters. The lowest BCUT2D eigenvalue weighted by molar-refractivity contribution is 0.0478. The molecular formula is C14H25NOS. The molecule has 1 aromatic heterocycles. The molecule has 0 radical (unpaired) electrons. The van der Waals surface area contributed by atoms with Crippen LogP contribution in [0.4, 0.5) is 0 Å². The molecule has 0 saturated heterocycles. The summed E-state index contributed by atoms with van der Waals surface area (Å²) in [5.74, 6) is 0. The first kappa shape index (κ1) is 14.7. The number of thiazole rings is 1. The largest absolute Gasteiger partial charge is 0.392 e. The minimum absolute atomic E-state index is 0.0342. The Kier molecular flexibility index (Phi) is 4.37. The van der Waals surface area contributed by atoms with E-state index in [9.17, 15) is 5.11 Å². The van der Waals surface area contributed by atoms with E-state index in [1.165, 1.54) is 0 Å². The van der Waals surface area contributed by atoms with Gasteiger partial charge < -0.3 is 5.11 Å². The Labute approximate surface area is 109 Å². The van der Waals surface area contributed by atoms with Crippen LogP contribution >= 0.6 is 11.3 Å². The first-order chi connectivity index (χ1) is 7.66. The highest BCUT2D eigenvalue weighted by molar-refractivity contribution is 7.09. The van der Waals surface area contributed by atoms with E-state index in [-0.39, 0.29) is 16.9 Å². The van der Waals surface area contributed by atoms with Gasteiger partial charge in [0.25, 0.3) is 0 Å². The van der Waals surface area contributed by atoms with Crippen LogP contribution in [0.2, 0.25) is 0 Å². The standard InChI is InChI=1S/C14H25NOS/c1-7-14(5,6)11(16)8-12-15-10(9-17-12)13(2,3)4/h9,11,16H,7-8H2,1-6H3. The summed E-state index contributed by atoms with van der Waals surface area (Å²) in [6, 6.07) is 0. The molecule has 17 heavy (non-hydrogen) atoms. The van der Waals surface area contributed by atoms with Crippen molar-refractivity contribution >= 4 is 11.3 Å². The van der Waals surface area contributed by atoms with Gasteiger partial charge in [-0.15, -0.1) is 11.3 Å². The normalized spacial score (nSPS) is 15.0. The zero-order chi connectivity index (χ0) is 13.3. The number of aliphatic hydroxyl groups is 1. The van der Waals surface area contributed by atoms with Crippen LogP contribution in [-0.4, -0.2) is 16.2 Å². The van der Waals surface area contributed by atoms with Crippen LogP contribution in [0.1, 0.15) is 58.7 Å². The molecular weight excluding hydrogens is 230 g/mol. The number of rotatable bonds is 4. The van der Waals surface area contributed by atoms with Crippen molar-refractivity contribution in [3.05, 3.63) is 16.1 Å². The molecule has 98 valence electrons. The van der Waals surface area contributed by atoms with Crippen LogP contribution < -0.4 is 0 Å². The van der Waals surface area contributed by atoms with Crippen molar-refractivity contribution in [3.8, 4) is 0 Å². The number of nitrogens with zero attached hydrogens (tertiary/aromatic N) is 1. The van der Waals surface area contributed by atoms with E-state index < -0.39 is 0 Å². The van der Waals surface area contributed by atoms with Crippen molar-refractivity contribution in [1.29, 1.82) is 0 Å². The summed E-state index contributed by atoms with van der Waals surface area (Å²) in [4.78, 5) is 4.63. The Hall–Kier alpha value is -0.410. The van der Waals surface area contributed by atoms with E-state index in [0.717, 1.165) is 17.1 Å². The van der Waals surface area contributed by atoms with E-state index in [1.807, 2.05) is 0 Å². The molecule has 3 heteroatoms. The summed E-state index contributed by atoms with van der Waals surface area (Å²) < 4.78 is 0. The van der Waals surface area contributed by atoms with Crippen LogP contribution in [-0.2, 0) is 11.8 Å². The van der Waals surface area contributed by atoms with Gasteiger partial charge in [-0.25, -0.2) is 4.98 Å². The lowest BCUT2D eigenvalue weighted by atomic mass is 9.82. The van der Waals surface area contributed by atoms with Crippen LogP contribution in [0, 0.1) is 5.41 Å². The van der Waals surface area contributed by atoms with Gasteiger partial charge in [0.1, 0.15) is 0 Å². The molecule has 2 nitrogen and oxygen atoms in total. The van der Waals surface area contributed by atoms with Crippen molar-refractivity contribution < 1.29 is 5.11 Å². The van der Waals surface area contributed by atoms with Crippen LogP contribution in [0.25, 0.3) is 0 Å². The SMILES string of the molecule is CCC(C)(C)C(O)Cc1nc(C(C)(C)C)cs1. The maximum atomic E-state index is 10.2. The van der Waals surface area contributed by atoms with Gasteiger partial charge in [-0.3, -0.25) is 0 Å². The lowest BCUT2D eigenvalue weighted by Crippen LogP contribution is -2.30. The summed E-state index contributed by atoms with van der Waals surface area (Å²) in [5.41, 5.74) is 1.19. The van der Waals surface area contributed by atoms with Crippen molar-refractivity contribution in [3.63, 3.8) is 0 Å². The van der Waals surface area contributed by atoms with Gasteiger partial charge in [0.15, 0.2) is 0 Å². The highest BCUT2D eigenvalue weighted by Crippen LogP contribution is 2.29. The lowest BCUT2D eigenvalue weighted by Gasteiger charge is -2.28. The van der Waals surface area contributed by atoms with Crippen LogP contribution in [0.15, 0.2) is 5.38 Å². The average molecular weight is 255 g/mol. The van der Waals surface area contributed by atoms with E-state index in [0.29, 0.717) is 6.42 Å². The molecule has 0 fully saturated rings. The van der Waals surface area contributed by atoms with Gasteiger partial charge in [0.2, 0.25) is 0 Å². The Bertz CT molecular complexity index is 363. The topological polar surface area (TPSA) is 33.1 Å². The molecule has 0 bridgehead atoms. The molecule has 1 aromatic rings. The van der Waals surface area contributed by atoms with Crippen LogP contribution in [0.5, 0.6) is 0 Å². The second-order valence-electron chi connectivity index (χ2n) is 6.44. The Morgan fingerprint density at radius 1 is 1.29 bits per heavy atom. The molecule has 0 aromatic carbocycles. The van der Waals surface area contributed by atoms with Gasteiger partial charge in [-0.05, 0) is 11.8 Å². The third-order valence-corrected chi connectivity index (χ3v) is 4.37. The molecule has 0 amide bonds. The minimum Gasteiger partial charge on any atom is -0.392 e. The van der Waals surface area contributed by atoms with Crippen molar-refractivity contribution in [2.45, 2.75) is 65.9 Å². The zero-order valence-electron chi connectivity index (χ0n) is 11.9. The van der Waals surface area contributed by atoms with Crippen molar-refractivity contribution in [1.82, 2.24) is 4.98 Å². The second kappa shape index (κ2) is 5.07. The molecule has 0 saturated carbocycles. The molecule has 1 N–H and O–H groups in total. The third-order valence-electron chi connectivity index (χ3n) is 3.50. The van der Waals surface area contributed by atoms with E-state index in [1.54, 1.807) is 11.3 Å². The average Bonchev–Trinajstić information content (AvgIpc) is 2.65. The van der Waals surface area contributed by atoms with Crippen LogP contribution in [0.3, 0.4) is 0 Å². The summed E-state index contributed by atoms with van der Waals surface area (Å²) >= 11 is 1.66. The summed E-state index contributed by atoms with van der Waals surface area (Å²) in [6.45, 7) is 12.8. The highest BCUT2D eigenvalue weighted by atomic mass is 32.1. The predicted octanol–water partition coefficient (Wildman–Crippen LogP) is 3.78. The summed E-state index contributed by atoms with van der Waals surface area (Å²) in [6.07, 6.45) is 1.33. The van der Waals surface area contributed by atoms with E-state index >= 15 is 0 Å². The quantitative estimate of drug-likeness (QED) is 0.888. The molecule has 1 atom stereocenters. The molecule has 0 aliphatic heterocycles. The summed E-state index contributed by atoms with van der Waals surface area (Å²) in [5, 5.41) is 13.4. The van der Waals surface area contributed by atoms with Gasteiger partial charge in [-0.1, -0.05) is 41.5 Å². The zero-order valence-corrected chi connectivity index (χ0v) is 12.7. The molecule has 0 aliphatic rings. The van der Waals surface area contributed by atoms with Gasteiger partial charge in [-0.2, -0.15) is 0 Å². The van der Waals surface area contributed by atoms with Gasteiger partial charge >= 0.3 is 0 Å². The predicted molar refractivity (Wildman–Crippen MR) is 74.6 cm³/mol. The van der Waals surface area contributed by atoms with Gasteiger partial charge in [0.05, 0.1) is 16.8 Å². The first-order valence-electron chi connectivity index (χ1n) is 6.30. The Morgan fingerprint density at radius 3 is 2.29 bits per heavy atom. The fourth-order valence-corrected chi connectivity index (χ4v) is 2.49. The first-order valence-corrected chi connectivity index (χ1v) is 7.17. The Balaban J connectivity index is 2.74. The maximum absolute atomic E-state index is 10.2. The Morgan fingerprint density at radius 2 is 1.88 bits per heavy atom. The molecule has 1 rings (SSSR count). The number of hydrogen-bond donors (Lipinski definition) is 1. The minimum atomic E-state index is -0.313.